The summed E-state index contributed by atoms with van der Waals surface area (Å²) in [4.78, 5) is 0. The minimum Gasteiger partial charge on any atom is -0.377 e. The third-order valence-electron chi connectivity index (χ3n) is 1.95. The summed E-state index contributed by atoms with van der Waals surface area (Å²) in [7, 11) is 0. The molecule has 0 unspecified atom stereocenters. The molecule has 1 saturated heterocycles. The lowest BCUT2D eigenvalue weighted by Crippen LogP contribution is -2.31. The highest BCUT2D eigenvalue weighted by Crippen LogP contribution is 2.22. The maximum Gasteiger partial charge on any atom is 0.0989 e. The maximum atomic E-state index is 5.83. The molecule has 0 bridgehead atoms. The first-order chi connectivity index (χ1) is 5.29. The van der Waals surface area contributed by atoms with Gasteiger partial charge in [0.1, 0.15) is 0 Å². The maximum absolute atomic E-state index is 5.83. The third-order valence-corrected chi connectivity index (χ3v) is 2.32. The number of hydrogen-bond donors (Lipinski definition) is 0. The van der Waals surface area contributed by atoms with Gasteiger partial charge in [-0.15, -0.1) is 0 Å². The summed E-state index contributed by atoms with van der Waals surface area (Å²) in [5.74, 6) is 0. The topological polar surface area (TPSA) is 27.1 Å². The van der Waals surface area contributed by atoms with Gasteiger partial charge < -0.3 is 4.74 Å². The van der Waals surface area contributed by atoms with E-state index in [1.54, 1.807) is 6.20 Å². The second-order valence-corrected chi connectivity index (χ2v) is 3.12. The van der Waals surface area contributed by atoms with Gasteiger partial charge in [-0.25, -0.2) is 0 Å². The summed E-state index contributed by atoms with van der Waals surface area (Å²) in [5, 5.41) is 4.88. The zero-order valence-corrected chi connectivity index (χ0v) is 7.01. The van der Waals surface area contributed by atoms with Crippen LogP contribution in [-0.2, 0) is 4.74 Å². The van der Waals surface area contributed by atoms with E-state index in [4.69, 9.17) is 16.3 Å². The SMILES string of the molecule is Cc1c(Cl)cnn1C1COC1. The highest BCUT2D eigenvalue weighted by Gasteiger charge is 2.22. The molecule has 60 valence electrons. The lowest BCUT2D eigenvalue weighted by molar-refractivity contribution is -0.0295. The Morgan fingerprint density at radius 1 is 1.73 bits per heavy atom. The van der Waals surface area contributed by atoms with E-state index in [1.165, 1.54) is 0 Å². The van der Waals surface area contributed by atoms with Crippen molar-refractivity contribution in [2.45, 2.75) is 13.0 Å². The van der Waals surface area contributed by atoms with Crippen LogP contribution in [0.1, 0.15) is 11.7 Å². The smallest absolute Gasteiger partial charge is 0.0989 e. The Labute approximate surface area is 69.9 Å². The lowest BCUT2D eigenvalue weighted by atomic mass is 10.2. The van der Waals surface area contributed by atoms with E-state index in [9.17, 15) is 0 Å². The number of hydrogen-bond acceptors (Lipinski definition) is 2. The van der Waals surface area contributed by atoms with Crippen molar-refractivity contribution in [2.75, 3.05) is 13.2 Å². The molecule has 0 atom stereocenters. The summed E-state index contributed by atoms with van der Waals surface area (Å²) in [6, 6.07) is 0.405. The zero-order valence-electron chi connectivity index (χ0n) is 6.25. The van der Waals surface area contributed by atoms with Crippen LogP contribution in [0.2, 0.25) is 5.02 Å². The molecule has 0 N–H and O–H groups in total. The van der Waals surface area contributed by atoms with E-state index >= 15 is 0 Å². The first kappa shape index (κ1) is 7.13. The molecule has 3 nitrogen and oxygen atoms in total. The number of ether oxygens (including phenoxy) is 1. The molecule has 2 rings (SSSR count). The predicted octanol–water partition coefficient (Wildman–Crippen LogP) is 1.42. The molecule has 1 fully saturated rings. The average Bonchev–Trinajstić information content (AvgIpc) is 2.15. The Hall–Kier alpha value is -0.540. The van der Waals surface area contributed by atoms with Gasteiger partial charge in [-0.1, -0.05) is 11.6 Å². The Balaban J connectivity index is 2.29. The van der Waals surface area contributed by atoms with Crippen molar-refractivity contribution in [3.8, 4) is 0 Å². The van der Waals surface area contributed by atoms with Gasteiger partial charge in [0, 0.05) is 0 Å². The molecule has 1 aromatic rings. The van der Waals surface area contributed by atoms with Crippen LogP contribution in [0.25, 0.3) is 0 Å². The summed E-state index contributed by atoms with van der Waals surface area (Å²) in [6.07, 6.45) is 1.68. The average molecular weight is 173 g/mol. The van der Waals surface area contributed by atoms with Gasteiger partial charge in [-0.3, -0.25) is 4.68 Å². The molecule has 0 spiro atoms. The van der Waals surface area contributed by atoms with E-state index in [1.807, 2.05) is 11.6 Å². The summed E-state index contributed by atoms with van der Waals surface area (Å²) in [6.45, 7) is 3.49. The minimum atomic E-state index is 0.405. The van der Waals surface area contributed by atoms with E-state index in [0.29, 0.717) is 6.04 Å². The van der Waals surface area contributed by atoms with Crippen molar-refractivity contribution in [2.24, 2.45) is 0 Å². The van der Waals surface area contributed by atoms with Crippen molar-refractivity contribution in [3.05, 3.63) is 16.9 Å². The Morgan fingerprint density at radius 3 is 2.82 bits per heavy atom. The molecule has 1 aliphatic rings. The van der Waals surface area contributed by atoms with Gasteiger partial charge in [-0.2, -0.15) is 5.10 Å². The highest BCUT2D eigenvalue weighted by atomic mass is 35.5. The van der Waals surface area contributed by atoms with Crippen LogP contribution in [0.4, 0.5) is 0 Å². The van der Waals surface area contributed by atoms with Crippen LogP contribution >= 0.6 is 11.6 Å². The molecule has 1 aliphatic heterocycles. The van der Waals surface area contributed by atoms with Crippen LogP contribution in [0.5, 0.6) is 0 Å². The van der Waals surface area contributed by atoms with Crippen LogP contribution in [0, 0.1) is 6.92 Å². The largest absolute Gasteiger partial charge is 0.377 e. The molecule has 0 saturated carbocycles. The molecule has 1 aromatic heterocycles. The molecule has 11 heavy (non-hydrogen) atoms. The fourth-order valence-corrected chi connectivity index (χ4v) is 1.27. The van der Waals surface area contributed by atoms with E-state index in [-0.39, 0.29) is 0 Å². The van der Waals surface area contributed by atoms with Gasteiger partial charge in [0.05, 0.1) is 36.2 Å². The van der Waals surface area contributed by atoms with Gasteiger partial charge in [0.15, 0.2) is 0 Å². The number of nitrogens with zero attached hydrogens (tertiary/aromatic N) is 2. The Kier molecular flexibility index (Phi) is 1.62. The minimum absolute atomic E-state index is 0.405. The van der Waals surface area contributed by atoms with Crippen LogP contribution < -0.4 is 0 Å². The van der Waals surface area contributed by atoms with Crippen molar-refractivity contribution in [1.29, 1.82) is 0 Å². The third kappa shape index (κ3) is 1.04. The second kappa shape index (κ2) is 2.50. The first-order valence-corrected chi connectivity index (χ1v) is 3.94. The summed E-state index contributed by atoms with van der Waals surface area (Å²) in [5.41, 5.74) is 1.03. The van der Waals surface area contributed by atoms with Gasteiger partial charge in [-0.05, 0) is 6.92 Å². The van der Waals surface area contributed by atoms with Crippen molar-refractivity contribution >= 4 is 11.6 Å². The van der Waals surface area contributed by atoms with E-state index in [2.05, 4.69) is 5.10 Å². The highest BCUT2D eigenvalue weighted by molar-refractivity contribution is 6.31. The number of halogens is 1. The van der Waals surface area contributed by atoms with Crippen molar-refractivity contribution in [3.63, 3.8) is 0 Å². The molecular weight excluding hydrogens is 164 g/mol. The lowest BCUT2D eigenvalue weighted by Gasteiger charge is -2.27. The first-order valence-electron chi connectivity index (χ1n) is 3.56. The molecule has 0 aromatic carbocycles. The quantitative estimate of drug-likeness (QED) is 0.641. The van der Waals surface area contributed by atoms with Gasteiger partial charge in [0.2, 0.25) is 0 Å². The molecule has 0 aliphatic carbocycles. The van der Waals surface area contributed by atoms with Crippen molar-refractivity contribution < 1.29 is 4.74 Å². The Bertz CT molecular complexity index is 267. The molecule has 0 amide bonds. The fourth-order valence-electron chi connectivity index (χ4n) is 1.13. The van der Waals surface area contributed by atoms with Crippen LogP contribution in [0.3, 0.4) is 0 Å². The van der Waals surface area contributed by atoms with Gasteiger partial charge in [0.25, 0.3) is 0 Å². The zero-order chi connectivity index (χ0) is 7.84. The van der Waals surface area contributed by atoms with Crippen molar-refractivity contribution in [1.82, 2.24) is 9.78 Å². The Morgan fingerprint density at radius 2 is 2.45 bits per heavy atom. The van der Waals surface area contributed by atoms with Gasteiger partial charge >= 0.3 is 0 Å². The summed E-state index contributed by atoms with van der Waals surface area (Å²) >= 11 is 5.83. The molecular formula is C7H9ClN2O. The fraction of sp³-hybridized carbons (Fsp3) is 0.571. The number of rotatable bonds is 1. The normalized spacial score (nSPS) is 18.4. The monoisotopic (exact) mass is 172 g/mol. The predicted molar refractivity (Wildman–Crippen MR) is 41.8 cm³/mol. The molecule has 0 radical (unpaired) electrons. The summed E-state index contributed by atoms with van der Waals surface area (Å²) < 4.78 is 6.97. The second-order valence-electron chi connectivity index (χ2n) is 2.71. The number of aromatic nitrogens is 2. The molecule has 4 heteroatoms. The van der Waals surface area contributed by atoms with E-state index in [0.717, 1.165) is 23.9 Å². The van der Waals surface area contributed by atoms with E-state index < -0.39 is 0 Å². The van der Waals surface area contributed by atoms with Crippen LogP contribution in [-0.4, -0.2) is 23.0 Å². The molecule has 2 heterocycles. The van der Waals surface area contributed by atoms with Crippen LogP contribution in [0.15, 0.2) is 6.20 Å². The standard InChI is InChI=1S/C7H9ClN2O/c1-5-7(8)2-9-10(5)6-3-11-4-6/h2,6H,3-4H2,1H3.